The summed E-state index contributed by atoms with van der Waals surface area (Å²) in [6.07, 6.45) is 4.22. The summed E-state index contributed by atoms with van der Waals surface area (Å²) in [7, 11) is 4.82. The van der Waals surface area contributed by atoms with Gasteiger partial charge in [0.05, 0.1) is 7.11 Å². The van der Waals surface area contributed by atoms with Gasteiger partial charge < -0.3 is 15.0 Å². The minimum Gasteiger partial charge on any atom is -0.467 e. The average Bonchev–Trinajstić information content (AvgIpc) is 2.60. The number of methoxy groups -OCH3 is 1. The number of ether oxygens (including phenoxy) is 1. The third-order valence-corrected chi connectivity index (χ3v) is 3.95. The number of aryl methyl sites for hydroxylation is 1. The van der Waals surface area contributed by atoms with Crippen LogP contribution in [0.25, 0.3) is 0 Å². The number of carbonyl (C=O) groups is 3. The number of nitrogens with zero attached hydrogens (tertiary/aromatic N) is 1. The summed E-state index contributed by atoms with van der Waals surface area (Å²) in [4.78, 5) is 36.7. The monoisotopic (exact) mass is 382 g/mol. The van der Waals surface area contributed by atoms with E-state index < -0.39 is 12.0 Å². The molecule has 1 atom stereocenters. The van der Waals surface area contributed by atoms with Crippen molar-refractivity contribution in [3.8, 4) is 0 Å². The van der Waals surface area contributed by atoms with Crippen molar-refractivity contribution in [2.75, 3.05) is 21.2 Å². The number of hydrogen-bond donors (Lipinski definition) is 1. The van der Waals surface area contributed by atoms with Gasteiger partial charge in [-0.25, -0.2) is 4.79 Å². The second-order valence-electron chi connectivity index (χ2n) is 6.27. The topological polar surface area (TPSA) is 75.7 Å². The van der Waals surface area contributed by atoms with Crippen molar-refractivity contribution in [2.45, 2.75) is 45.1 Å². The molecule has 0 aromatic heterocycles. The molecule has 146 valence electrons. The second-order valence-corrected chi connectivity index (χ2v) is 6.27. The van der Waals surface area contributed by atoms with Crippen LogP contribution in [0.2, 0.25) is 0 Å². The Morgan fingerprint density at radius 2 is 1.85 bits per heavy atom. The summed E-state index contributed by atoms with van der Waals surface area (Å²) in [5.41, 5.74) is 1.59. The summed E-state index contributed by atoms with van der Waals surface area (Å²) in [6, 6.07) is 6.69. The molecule has 0 aliphatic carbocycles. The van der Waals surface area contributed by atoms with Gasteiger partial charge >= 0.3 is 5.97 Å². The molecule has 0 fully saturated rings. The van der Waals surface area contributed by atoms with E-state index in [0.717, 1.165) is 31.2 Å². The number of nitrogens with one attached hydrogen (secondary N) is 1. The lowest BCUT2D eigenvalue weighted by Crippen LogP contribution is -2.39. The van der Waals surface area contributed by atoms with Crippen molar-refractivity contribution in [2.24, 2.45) is 0 Å². The summed E-state index contributed by atoms with van der Waals surface area (Å²) in [5.74, 6) is -0.619. The summed E-state index contributed by atoms with van der Waals surface area (Å²) in [6.45, 7) is 1.59. The van der Waals surface area contributed by atoms with E-state index in [0.29, 0.717) is 12.0 Å². The molecule has 1 rings (SSSR count). The molecular formula is C19H30N2O4S. The minimum absolute atomic E-state index is 0. The summed E-state index contributed by atoms with van der Waals surface area (Å²) in [5, 5.41) is 2.62. The van der Waals surface area contributed by atoms with Crippen LogP contribution in [-0.4, -0.2) is 49.9 Å². The molecule has 26 heavy (non-hydrogen) atoms. The van der Waals surface area contributed by atoms with Gasteiger partial charge in [0.1, 0.15) is 6.04 Å². The molecule has 6 nitrogen and oxygen atoms in total. The lowest BCUT2D eigenvalue weighted by molar-refractivity contribution is -0.142. The van der Waals surface area contributed by atoms with Crippen molar-refractivity contribution in [1.82, 2.24) is 10.2 Å². The molecule has 0 aliphatic heterocycles. The van der Waals surface area contributed by atoms with E-state index in [1.54, 1.807) is 32.0 Å². The first-order valence-electron chi connectivity index (χ1n) is 8.53. The number of carbonyl (C=O) groups excluding carboxylic acids is 3. The fourth-order valence-electron chi connectivity index (χ4n) is 2.39. The molecule has 0 saturated heterocycles. The minimum atomic E-state index is -0.685. The molecule has 1 N–H and O–H groups in total. The largest absolute Gasteiger partial charge is 0.467 e. The van der Waals surface area contributed by atoms with Gasteiger partial charge in [0.25, 0.3) is 5.91 Å². The average molecular weight is 383 g/mol. The number of benzene rings is 1. The molecule has 2 amide bonds. The highest BCUT2D eigenvalue weighted by molar-refractivity contribution is 7.59. The highest BCUT2D eigenvalue weighted by atomic mass is 32.1. The van der Waals surface area contributed by atoms with Gasteiger partial charge in [-0.15, -0.1) is 0 Å². The number of amides is 2. The van der Waals surface area contributed by atoms with Crippen molar-refractivity contribution in [3.63, 3.8) is 0 Å². The first-order valence-corrected chi connectivity index (χ1v) is 8.53. The van der Waals surface area contributed by atoms with Crippen LogP contribution in [0.1, 0.15) is 48.5 Å². The maximum Gasteiger partial charge on any atom is 0.328 e. The zero-order valence-corrected chi connectivity index (χ0v) is 17.0. The van der Waals surface area contributed by atoms with Crippen LogP contribution in [0.3, 0.4) is 0 Å². The third kappa shape index (κ3) is 8.38. The smallest absolute Gasteiger partial charge is 0.328 e. The third-order valence-electron chi connectivity index (χ3n) is 3.95. The number of rotatable bonds is 9. The van der Waals surface area contributed by atoms with Gasteiger partial charge in [0, 0.05) is 26.1 Å². The van der Waals surface area contributed by atoms with Crippen LogP contribution in [0.4, 0.5) is 0 Å². The van der Waals surface area contributed by atoms with Crippen LogP contribution < -0.4 is 5.32 Å². The highest BCUT2D eigenvalue weighted by Gasteiger charge is 2.16. The Hall–Kier alpha value is -2.02. The Bertz CT molecular complexity index is 605. The van der Waals surface area contributed by atoms with Crippen molar-refractivity contribution in [1.29, 1.82) is 0 Å². The molecule has 1 aromatic carbocycles. The second kappa shape index (κ2) is 12.4. The van der Waals surface area contributed by atoms with E-state index in [4.69, 9.17) is 0 Å². The Kier molecular flexibility index (Phi) is 11.4. The highest BCUT2D eigenvalue weighted by Crippen LogP contribution is 2.11. The summed E-state index contributed by atoms with van der Waals surface area (Å²) >= 11 is 0. The molecule has 7 heteroatoms. The van der Waals surface area contributed by atoms with E-state index in [2.05, 4.69) is 10.1 Å². The fourth-order valence-corrected chi connectivity index (χ4v) is 2.39. The van der Waals surface area contributed by atoms with E-state index in [9.17, 15) is 14.4 Å². The Morgan fingerprint density at radius 3 is 2.46 bits per heavy atom. The van der Waals surface area contributed by atoms with Crippen molar-refractivity contribution < 1.29 is 19.1 Å². The molecular weight excluding hydrogens is 352 g/mol. The fraction of sp³-hybridized carbons (Fsp3) is 0.526. The first kappa shape index (κ1) is 24.0. The van der Waals surface area contributed by atoms with Crippen LogP contribution in [0.15, 0.2) is 24.3 Å². The summed E-state index contributed by atoms with van der Waals surface area (Å²) < 4.78 is 4.60. The van der Waals surface area contributed by atoms with E-state index in [-0.39, 0.29) is 25.3 Å². The lowest BCUT2D eigenvalue weighted by Gasteiger charge is -2.12. The van der Waals surface area contributed by atoms with E-state index in [1.165, 1.54) is 7.11 Å². The standard InChI is InChI=1S/C19H28N2O4.H2S/c1-14(19(24)25-4)20-18(23)16-11-8-10-15(13-16)9-6-5-7-12-17(22)21(2)3;/h8,10-11,13-14H,5-7,9,12H2,1-4H3,(H,20,23);1H2/t14-;/m0./s1. The zero-order chi connectivity index (χ0) is 18.8. The predicted molar refractivity (Wildman–Crippen MR) is 107 cm³/mol. The van der Waals surface area contributed by atoms with Crippen LogP contribution in [-0.2, 0) is 20.7 Å². The zero-order valence-electron chi connectivity index (χ0n) is 16.0. The van der Waals surface area contributed by atoms with E-state index in [1.807, 2.05) is 18.2 Å². The van der Waals surface area contributed by atoms with Gasteiger partial charge in [-0.1, -0.05) is 18.6 Å². The molecule has 0 heterocycles. The number of esters is 1. The van der Waals surface area contributed by atoms with Gasteiger partial charge in [0.2, 0.25) is 5.91 Å². The maximum atomic E-state index is 12.2. The maximum absolute atomic E-state index is 12.2. The van der Waals surface area contributed by atoms with Gasteiger partial charge in [0.15, 0.2) is 0 Å². The van der Waals surface area contributed by atoms with Crippen LogP contribution in [0, 0.1) is 0 Å². The predicted octanol–water partition coefficient (Wildman–Crippen LogP) is 2.28. The Labute approximate surface area is 162 Å². The normalized spacial score (nSPS) is 11.1. The first-order chi connectivity index (χ1) is 11.8. The van der Waals surface area contributed by atoms with Crippen molar-refractivity contribution in [3.05, 3.63) is 35.4 Å². The molecule has 0 unspecified atom stereocenters. The Balaban J connectivity index is 0.00000625. The van der Waals surface area contributed by atoms with Crippen LogP contribution >= 0.6 is 13.5 Å². The molecule has 0 aliphatic rings. The SMILES string of the molecule is COC(=O)[C@H](C)NC(=O)c1cccc(CCCCCC(=O)N(C)C)c1.S. The van der Waals surface area contributed by atoms with Gasteiger partial charge in [-0.05, 0) is 43.9 Å². The number of hydrogen-bond acceptors (Lipinski definition) is 4. The van der Waals surface area contributed by atoms with Gasteiger partial charge in [-0.3, -0.25) is 9.59 Å². The molecule has 1 aromatic rings. The molecule has 0 bridgehead atoms. The quantitative estimate of drug-likeness (QED) is 0.525. The number of unbranched alkanes of at least 4 members (excludes halogenated alkanes) is 2. The van der Waals surface area contributed by atoms with Crippen molar-refractivity contribution >= 4 is 31.3 Å². The lowest BCUT2D eigenvalue weighted by atomic mass is 10.0. The van der Waals surface area contributed by atoms with Gasteiger partial charge in [-0.2, -0.15) is 13.5 Å². The van der Waals surface area contributed by atoms with E-state index >= 15 is 0 Å². The molecule has 0 saturated carbocycles. The Morgan fingerprint density at radius 1 is 1.15 bits per heavy atom. The molecule has 0 radical (unpaired) electrons. The van der Waals surface area contributed by atoms with Crippen LogP contribution in [0.5, 0.6) is 0 Å². The molecule has 0 spiro atoms.